The number of hydrogen-bond donors (Lipinski definition) is 0. The molecule has 32 heavy (non-hydrogen) atoms. The summed E-state index contributed by atoms with van der Waals surface area (Å²) in [6.07, 6.45) is 2.54. The van der Waals surface area contributed by atoms with Gasteiger partial charge >= 0.3 is 6.16 Å². The number of carbonyl (C=O) groups excluding carboxylic acids is 1. The predicted octanol–water partition coefficient (Wildman–Crippen LogP) is 6.51. The number of carbonyl (C=O) groups is 1. The Hall–Kier alpha value is -2.19. The summed E-state index contributed by atoms with van der Waals surface area (Å²) in [4.78, 5) is 21.9. The number of hydrogen-bond acceptors (Lipinski definition) is 7. The van der Waals surface area contributed by atoms with Crippen LogP contribution in [0.1, 0.15) is 74.1 Å². The van der Waals surface area contributed by atoms with Crippen molar-refractivity contribution in [1.29, 1.82) is 0 Å². The number of benzene rings is 1. The maximum Gasteiger partial charge on any atom is 0.513 e. The fourth-order valence-corrected chi connectivity index (χ4v) is 3.45. The SMILES string of the molecule is CC.CCCC(C)(C)C(C)(C)CCC1OCC(COC(=O)Oc2ccc([N+](=O)[O-])cc2)O1. The van der Waals surface area contributed by atoms with Crippen molar-refractivity contribution >= 4 is 11.8 Å². The van der Waals surface area contributed by atoms with Gasteiger partial charge in [-0.05, 0) is 42.2 Å². The summed E-state index contributed by atoms with van der Waals surface area (Å²) < 4.78 is 21.6. The zero-order chi connectivity index (χ0) is 24.4. The largest absolute Gasteiger partial charge is 0.513 e. The lowest BCUT2D eigenvalue weighted by Gasteiger charge is -2.42. The topological polar surface area (TPSA) is 97.1 Å². The van der Waals surface area contributed by atoms with Crippen molar-refractivity contribution < 1.29 is 28.7 Å². The molecule has 8 heteroatoms. The second-order valence-corrected chi connectivity index (χ2v) is 8.99. The third kappa shape index (κ3) is 8.39. The molecule has 1 fully saturated rings. The lowest BCUT2D eigenvalue weighted by Crippen LogP contribution is -2.33. The number of non-ortho nitro benzene ring substituents is 1. The maximum absolute atomic E-state index is 11.8. The molecule has 1 saturated heterocycles. The smallest absolute Gasteiger partial charge is 0.431 e. The van der Waals surface area contributed by atoms with E-state index in [1.807, 2.05) is 13.8 Å². The van der Waals surface area contributed by atoms with E-state index in [9.17, 15) is 14.9 Å². The van der Waals surface area contributed by atoms with Crippen LogP contribution in [0.5, 0.6) is 5.75 Å². The number of nitrogens with zero attached hydrogens (tertiary/aromatic N) is 1. The third-order valence-electron chi connectivity index (χ3n) is 6.16. The van der Waals surface area contributed by atoms with Crippen molar-refractivity contribution in [2.45, 2.75) is 86.5 Å². The molecule has 0 saturated carbocycles. The van der Waals surface area contributed by atoms with E-state index in [0.29, 0.717) is 6.61 Å². The molecule has 0 aromatic heterocycles. The first-order valence-corrected chi connectivity index (χ1v) is 11.4. The monoisotopic (exact) mass is 453 g/mol. The van der Waals surface area contributed by atoms with E-state index in [2.05, 4.69) is 34.6 Å². The maximum atomic E-state index is 11.8. The first kappa shape index (κ1) is 27.8. The van der Waals surface area contributed by atoms with Gasteiger partial charge in [0.05, 0.1) is 11.5 Å². The molecular formula is C24H39NO7. The summed E-state index contributed by atoms with van der Waals surface area (Å²) in [7, 11) is 0. The zero-order valence-corrected chi connectivity index (χ0v) is 20.5. The fourth-order valence-electron chi connectivity index (χ4n) is 3.45. The number of nitro benzene ring substituents is 1. The van der Waals surface area contributed by atoms with Crippen LogP contribution >= 0.6 is 0 Å². The Morgan fingerprint density at radius 2 is 1.72 bits per heavy atom. The van der Waals surface area contributed by atoms with Gasteiger partial charge in [-0.15, -0.1) is 0 Å². The quantitative estimate of drug-likeness (QED) is 0.172. The van der Waals surface area contributed by atoms with E-state index in [0.717, 1.165) is 19.3 Å². The van der Waals surface area contributed by atoms with Crippen LogP contribution in [0.25, 0.3) is 0 Å². The Balaban J connectivity index is 0.00000249. The highest BCUT2D eigenvalue weighted by atomic mass is 16.8. The second kappa shape index (κ2) is 12.7. The summed E-state index contributed by atoms with van der Waals surface area (Å²) in [5.74, 6) is 0.170. The summed E-state index contributed by atoms with van der Waals surface area (Å²) in [6.45, 7) is 15.8. The molecule has 8 nitrogen and oxygen atoms in total. The highest BCUT2D eigenvalue weighted by Crippen LogP contribution is 2.45. The van der Waals surface area contributed by atoms with Gasteiger partial charge in [0.25, 0.3) is 5.69 Å². The van der Waals surface area contributed by atoms with Crippen LogP contribution in [0.4, 0.5) is 10.5 Å². The number of rotatable bonds is 10. The van der Waals surface area contributed by atoms with Gasteiger partial charge in [0, 0.05) is 12.1 Å². The first-order valence-electron chi connectivity index (χ1n) is 11.4. The zero-order valence-electron chi connectivity index (χ0n) is 20.5. The molecule has 0 amide bonds. The lowest BCUT2D eigenvalue weighted by molar-refractivity contribution is -0.384. The summed E-state index contributed by atoms with van der Waals surface area (Å²) in [5, 5.41) is 10.6. The van der Waals surface area contributed by atoms with E-state index in [-0.39, 0.29) is 41.3 Å². The van der Waals surface area contributed by atoms with Crippen LogP contribution in [0, 0.1) is 20.9 Å². The standard InChI is InChI=1S/C22H33NO7.C2H6/c1-6-12-21(2,3)22(4,5)13-11-19-27-14-18(29-19)15-28-20(24)30-17-9-7-16(8-10-17)23(25)26;1-2/h7-10,18-19H,6,11-15H2,1-5H3;1-2H3. The molecule has 182 valence electrons. The molecule has 0 N–H and O–H groups in total. The molecule has 1 aromatic rings. The normalized spacial score (nSPS) is 18.5. The summed E-state index contributed by atoms with van der Waals surface area (Å²) in [6, 6.07) is 5.19. The molecule has 0 bridgehead atoms. The average Bonchev–Trinajstić information content (AvgIpc) is 3.20. The Kier molecular flexibility index (Phi) is 11.1. The minimum atomic E-state index is -0.890. The van der Waals surface area contributed by atoms with Crippen LogP contribution < -0.4 is 4.74 Å². The van der Waals surface area contributed by atoms with Crippen LogP contribution in [0.2, 0.25) is 0 Å². The summed E-state index contributed by atoms with van der Waals surface area (Å²) >= 11 is 0. The van der Waals surface area contributed by atoms with Gasteiger partial charge in [-0.25, -0.2) is 4.79 Å². The van der Waals surface area contributed by atoms with Gasteiger partial charge < -0.3 is 18.9 Å². The first-order chi connectivity index (χ1) is 15.0. The van der Waals surface area contributed by atoms with Crippen molar-refractivity contribution in [3.8, 4) is 5.75 Å². The molecule has 1 aliphatic heterocycles. The highest BCUT2D eigenvalue weighted by Gasteiger charge is 2.37. The van der Waals surface area contributed by atoms with E-state index in [1.54, 1.807) is 0 Å². The van der Waals surface area contributed by atoms with Crippen LogP contribution in [0.15, 0.2) is 24.3 Å². The highest BCUT2D eigenvalue weighted by molar-refractivity contribution is 5.64. The van der Waals surface area contributed by atoms with E-state index in [4.69, 9.17) is 18.9 Å². The van der Waals surface area contributed by atoms with Gasteiger partial charge in [-0.1, -0.05) is 54.9 Å². The minimum absolute atomic E-state index is 0.0209. The minimum Gasteiger partial charge on any atom is -0.431 e. The van der Waals surface area contributed by atoms with Crippen molar-refractivity contribution in [1.82, 2.24) is 0 Å². The predicted molar refractivity (Wildman–Crippen MR) is 123 cm³/mol. The molecular weight excluding hydrogens is 414 g/mol. The van der Waals surface area contributed by atoms with Gasteiger partial charge in [-0.2, -0.15) is 0 Å². The van der Waals surface area contributed by atoms with Crippen molar-refractivity contribution in [3.05, 3.63) is 34.4 Å². The number of nitro groups is 1. The molecule has 1 heterocycles. The molecule has 2 unspecified atom stereocenters. The van der Waals surface area contributed by atoms with Gasteiger partial charge in [0.1, 0.15) is 18.5 Å². The molecule has 1 aromatic carbocycles. The molecule has 2 atom stereocenters. The molecule has 0 radical (unpaired) electrons. The average molecular weight is 454 g/mol. The van der Waals surface area contributed by atoms with E-state index in [1.165, 1.54) is 30.7 Å². The Bertz CT molecular complexity index is 716. The van der Waals surface area contributed by atoms with Crippen molar-refractivity contribution in [3.63, 3.8) is 0 Å². The van der Waals surface area contributed by atoms with Gasteiger partial charge in [0.15, 0.2) is 6.29 Å². The lowest BCUT2D eigenvalue weighted by atomic mass is 9.63. The molecule has 2 rings (SSSR count). The fraction of sp³-hybridized carbons (Fsp3) is 0.708. The van der Waals surface area contributed by atoms with Gasteiger partial charge in [0.2, 0.25) is 0 Å². The van der Waals surface area contributed by atoms with E-state index < -0.39 is 11.1 Å². The Morgan fingerprint density at radius 1 is 1.12 bits per heavy atom. The molecule has 0 spiro atoms. The molecule has 1 aliphatic rings. The van der Waals surface area contributed by atoms with Crippen molar-refractivity contribution in [2.24, 2.45) is 10.8 Å². The van der Waals surface area contributed by atoms with Crippen LogP contribution in [-0.2, 0) is 14.2 Å². The van der Waals surface area contributed by atoms with Crippen LogP contribution in [0.3, 0.4) is 0 Å². The Labute approximate surface area is 191 Å². The summed E-state index contributed by atoms with van der Waals surface area (Å²) in [5.41, 5.74) is 0.295. The van der Waals surface area contributed by atoms with Crippen molar-refractivity contribution in [2.75, 3.05) is 13.2 Å². The molecule has 0 aliphatic carbocycles. The van der Waals surface area contributed by atoms with E-state index >= 15 is 0 Å². The second-order valence-electron chi connectivity index (χ2n) is 8.99. The van der Waals surface area contributed by atoms with Crippen LogP contribution in [-0.4, -0.2) is 36.7 Å². The van der Waals surface area contributed by atoms with Gasteiger partial charge in [-0.3, -0.25) is 10.1 Å². The third-order valence-corrected chi connectivity index (χ3v) is 6.16. The number of ether oxygens (including phenoxy) is 4. The Morgan fingerprint density at radius 3 is 2.28 bits per heavy atom.